The summed E-state index contributed by atoms with van der Waals surface area (Å²) in [5.74, 6) is 1.68. The fourth-order valence-corrected chi connectivity index (χ4v) is 3.77. The third-order valence-electron chi connectivity index (χ3n) is 4.02. The van der Waals surface area contributed by atoms with Gasteiger partial charge in [0.2, 0.25) is 15.9 Å². The summed E-state index contributed by atoms with van der Waals surface area (Å²) >= 11 is 1.50. The van der Waals surface area contributed by atoms with Crippen molar-refractivity contribution in [3.8, 4) is 5.75 Å². The number of ether oxygens (including phenoxy) is 1. The van der Waals surface area contributed by atoms with Crippen LogP contribution in [0.25, 0.3) is 0 Å². The third kappa shape index (κ3) is 7.23. The van der Waals surface area contributed by atoms with Gasteiger partial charge in [0, 0.05) is 17.8 Å². The zero-order valence-corrected chi connectivity index (χ0v) is 15.7. The standard InChI is InChI=1S/C16H25N3O4S2/c17-12-1-3-13(4-2-12)19-16(20)11-24-10-9-23-14-5-7-15(8-6-14)25(18,21)22/h5-8,12-13H,1-4,9-11,17H2,(H,19,20)(H2,18,21,22). The smallest absolute Gasteiger partial charge is 0.238 e. The number of carbonyl (C=O) groups excluding carboxylic acids is 1. The van der Waals surface area contributed by atoms with Crippen LogP contribution in [0.1, 0.15) is 25.7 Å². The van der Waals surface area contributed by atoms with Crippen LogP contribution in [0, 0.1) is 0 Å². The monoisotopic (exact) mass is 387 g/mol. The molecule has 0 unspecified atom stereocenters. The number of rotatable bonds is 8. The van der Waals surface area contributed by atoms with Crippen LogP contribution in [0.3, 0.4) is 0 Å². The summed E-state index contributed by atoms with van der Waals surface area (Å²) in [4.78, 5) is 11.9. The van der Waals surface area contributed by atoms with E-state index in [0.29, 0.717) is 23.9 Å². The summed E-state index contributed by atoms with van der Waals surface area (Å²) in [6.45, 7) is 0.435. The van der Waals surface area contributed by atoms with Crippen molar-refractivity contribution in [3.63, 3.8) is 0 Å². The molecule has 7 nitrogen and oxygen atoms in total. The lowest BCUT2D eigenvalue weighted by molar-refractivity contribution is -0.119. The van der Waals surface area contributed by atoms with Crippen LogP contribution < -0.4 is 20.9 Å². The van der Waals surface area contributed by atoms with E-state index in [9.17, 15) is 13.2 Å². The molecule has 1 aliphatic carbocycles. The second-order valence-corrected chi connectivity index (χ2v) is 8.76. The maximum Gasteiger partial charge on any atom is 0.238 e. The predicted octanol–water partition coefficient (Wildman–Crippen LogP) is 0.832. The van der Waals surface area contributed by atoms with Crippen LogP contribution in [-0.2, 0) is 14.8 Å². The minimum Gasteiger partial charge on any atom is -0.493 e. The normalized spacial score (nSPS) is 20.9. The highest BCUT2D eigenvalue weighted by molar-refractivity contribution is 7.99. The third-order valence-corrected chi connectivity index (χ3v) is 5.87. The molecule has 5 N–H and O–H groups in total. The number of hydrogen-bond acceptors (Lipinski definition) is 6. The van der Waals surface area contributed by atoms with Gasteiger partial charge in [-0.3, -0.25) is 4.79 Å². The fraction of sp³-hybridized carbons (Fsp3) is 0.562. The molecule has 0 aromatic heterocycles. The lowest BCUT2D eigenvalue weighted by Gasteiger charge is -2.26. The van der Waals surface area contributed by atoms with E-state index in [-0.39, 0.29) is 22.9 Å². The molecule has 1 amide bonds. The molecule has 140 valence electrons. The van der Waals surface area contributed by atoms with Crippen molar-refractivity contribution in [2.75, 3.05) is 18.1 Å². The van der Waals surface area contributed by atoms with Crippen LogP contribution in [-0.4, -0.2) is 44.5 Å². The highest BCUT2D eigenvalue weighted by Gasteiger charge is 2.19. The largest absolute Gasteiger partial charge is 0.493 e. The van der Waals surface area contributed by atoms with Gasteiger partial charge in [-0.1, -0.05) is 0 Å². The van der Waals surface area contributed by atoms with Crippen LogP contribution in [0.2, 0.25) is 0 Å². The highest BCUT2D eigenvalue weighted by Crippen LogP contribution is 2.17. The number of carbonyl (C=O) groups is 1. The quantitative estimate of drug-likeness (QED) is 0.568. The molecule has 25 heavy (non-hydrogen) atoms. The Morgan fingerprint density at radius 3 is 2.44 bits per heavy atom. The van der Waals surface area contributed by atoms with Crippen molar-refractivity contribution in [2.45, 2.75) is 42.7 Å². The van der Waals surface area contributed by atoms with E-state index < -0.39 is 10.0 Å². The molecule has 0 spiro atoms. The van der Waals surface area contributed by atoms with Gasteiger partial charge in [0.1, 0.15) is 5.75 Å². The molecule has 1 aliphatic rings. The molecule has 0 bridgehead atoms. The molecule has 1 saturated carbocycles. The van der Waals surface area contributed by atoms with Crippen molar-refractivity contribution >= 4 is 27.7 Å². The predicted molar refractivity (Wildman–Crippen MR) is 99.0 cm³/mol. The molecule has 0 heterocycles. The Balaban J connectivity index is 1.59. The second kappa shape index (κ2) is 9.42. The van der Waals surface area contributed by atoms with Crippen molar-refractivity contribution in [1.82, 2.24) is 5.32 Å². The zero-order valence-electron chi connectivity index (χ0n) is 14.0. The van der Waals surface area contributed by atoms with Gasteiger partial charge in [0.25, 0.3) is 0 Å². The average molecular weight is 388 g/mol. The first-order valence-corrected chi connectivity index (χ1v) is 10.9. The maximum atomic E-state index is 11.9. The number of hydrogen-bond donors (Lipinski definition) is 3. The molecular formula is C16H25N3O4S2. The highest BCUT2D eigenvalue weighted by atomic mass is 32.2. The molecular weight excluding hydrogens is 362 g/mol. The minimum absolute atomic E-state index is 0.0444. The van der Waals surface area contributed by atoms with Crippen molar-refractivity contribution in [3.05, 3.63) is 24.3 Å². The molecule has 0 radical (unpaired) electrons. The topological polar surface area (TPSA) is 125 Å². The number of primary sulfonamides is 1. The molecule has 0 atom stereocenters. The van der Waals surface area contributed by atoms with Crippen LogP contribution >= 0.6 is 11.8 Å². The number of nitrogens with two attached hydrogens (primary N) is 2. The number of amides is 1. The lowest BCUT2D eigenvalue weighted by Crippen LogP contribution is -2.41. The average Bonchev–Trinajstić information content (AvgIpc) is 2.56. The minimum atomic E-state index is -3.68. The number of benzene rings is 1. The molecule has 0 aliphatic heterocycles. The molecule has 9 heteroatoms. The molecule has 0 saturated heterocycles. The first-order chi connectivity index (χ1) is 11.8. The Bertz CT molecular complexity index is 656. The number of thioether (sulfide) groups is 1. The van der Waals surface area contributed by atoms with Crippen molar-refractivity contribution in [2.24, 2.45) is 10.9 Å². The van der Waals surface area contributed by atoms with Gasteiger partial charge in [-0.25, -0.2) is 13.6 Å². The Labute approximate surface area is 152 Å². The fourth-order valence-electron chi connectivity index (χ4n) is 2.64. The second-order valence-electron chi connectivity index (χ2n) is 6.10. The van der Waals surface area contributed by atoms with Gasteiger partial charge in [0.15, 0.2) is 0 Å². The van der Waals surface area contributed by atoms with Gasteiger partial charge in [0.05, 0.1) is 17.3 Å². The van der Waals surface area contributed by atoms with Crippen LogP contribution in [0.5, 0.6) is 5.75 Å². The zero-order chi connectivity index (χ0) is 18.3. The molecule has 1 aromatic carbocycles. The van der Waals surface area contributed by atoms with Gasteiger partial charge in [-0.2, -0.15) is 0 Å². The number of sulfonamides is 1. The Morgan fingerprint density at radius 2 is 1.84 bits per heavy atom. The van der Waals surface area contributed by atoms with Crippen LogP contribution in [0.4, 0.5) is 0 Å². The summed E-state index contributed by atoms with van der Waals surface area (Å²) < 4.78 is 27.8. The Morgan fingerprint density at radius 1 is 1.20 bits per heavy atom. The van der Waals surface area contributed by atoms with E-state index in [1.54, 1.807) is 12.1 Å². The molecule has 1 fully saturated rings. The maximum absolute atomic E-state index is 11.9. The summed E-state index contributed by atoms with van der Waals surface area (Å²) in [6, 6.07) is 6.46. The molecule has 2 rings (SSSR count). The summed E-state index contributed by atoms with van der Waals surface area (Å²) in [5.41, 5.74) is 5.85. The van der Waals surface area contributed by atoms with E-state index in [2.05, 4.69) is 5.32 Å². The summed E-state index contributed by atoms with van der Waals surface area (Å²) in [5, 5.41) is 8.08. The van der Waals surface area contributed by atoms with E-state index >= 15 is 0 Å². The first-order valence-electron chi connectivity index (χ1n) is 8.23. The van der Waals surface area contributed by atoms with Gasteiger partial charge in [-0.05, 0) is 49.9 Å². The first kappa shape index (κ1) is 20.0. The SMILES string of the molecule is NC1CCC(NC(=O)CSCCOc2ccc(S(N)(=O)=O)cc2)CC1. The van der Waals surface area contributed by atoms with Crippen molar-refractivity contribution in [1.29, 1.82) is 0 Å². The van der Waals surface area contributed by atoms with E-state index in [4.69, 9.17) is 15.6 Å². The lowest BCUT2D eigenvalue weighted by atomic mass is 9.92. The Hall–Kier alpha value is -1.29. The van der Waals surface area contributed by atoms with E-state index in [0.717, 1.165) is 25.7 Å². The van der Waals surface area contributed by atoms with E-state index in [1.807, 2.05) is 0 Å². The van der Waals surface area contributed by atoms with Gasteiger partial charge >= 0.3 is 0 Å². The summed E-state index contributed by atoms with van der Waals surface area (Å²) in [7, 11) is -3.68. The summed E-state index contributed by atoms with van der Waals surface area (Å²) in [6.07, 6.45) is 3.84. The van der Waals surface area contributed by atoms with Crippen LogP contribution in [0.15, 0.2) is 29.2 Å². The van der Waals surface area contributed by atoms with Gasteiger partial charge in [-0.15, -0.1) is 11.8 Å². The van der Waals surface area contributed by atoms with E-state index in [1.165, 1.54) is 23.9 Å². The molecule has 1 aromatic rings. The Kier molecular flexibility index (Phi) is 7.55. The van der Waals surface area contributed by atoms with Crippen molar-refractivity contribution < 1.29 is 17.9 Å². The van der Waals surface area contributed by atoms with Gasteiger partial charge < -0.3 is 15.8 Å². The number of nitrogens with one attached hydrogen (secondary N) is 1.